The van der Waals surface area contributed by atoms with Crippen LogP contribution in [-0.2, 0) is 10.0 Å². The van der Waals surface area contributed by atoms with Crippen LogP contribution in [0.5, 0.6) is 0 Å². The predicted octanol–water partition coefficient (Wildman–Crippen LogP) is 2.53. The highest BCUT2D eigenvalue weighted by Gasteiger charge is 2.36. The van der Waals surface area contributed by atoms with Gasteiger partial charge in [-0.05, 0) is 35.8 Å². The molecule has 0 saturated carbocycles. The van der Waals surface area contributed by atoms with E-state index in [-0.39, 0.29) is 12.1 Å². The van der Waals surface area contributed by atoms with E-state index in [1.165, 1.54) is 6.07 Å². The number of rotatable bonds is 2. The van der Waals surface area contributed by atoms with Crippen LogP contribution >= 0.6 is 38.9 Å². The first-order valence-corrected chi connectivity index (χ1v) is 8.96. The van der Waals surface area contributed by atoms with E-state index in [0.29, 0.717) is 26.1 Å². The maximum atomic E-state index is 12.6. The summed E-state index contributed by atoms with van der Waals surface area (Å²) in [4.78, 5) is 0. The number of nitrogens with one attached hydrogen (secondary N) is 1. The summed E-state index contributed by atoms with van der Waals surface area (Å²) in [6, 6.07) is 1.39. The van der Waals surface area contributed by atoms with Gasteiger partial charge < -0.3 is 5.32 Å². The minimum Gasteiger partial charge on any atom is -0.314 e. The molecular weight excluding hydrogens is 360 g/mol. The van der Waals surface area contributed by atoms with Crippen molar-refractivity contribution in [3.05, 3.63) is 14.9 Å². The topological polar surface area (TPSA) is 49.4 Å². The fraction of sp³-hybridized carbons (Fsp3) is 0.600. The van der Waals surface area contributed by atoms with E-state index >= 15 is 0 Å². The van der Waals surface area contributed by atoms with Crippen molar-refractivity contribution in [1.29, 1.82) is 0 Å². The molecular formula is C10H14BrClN2O2S2. The van der Waals surface area contributed by atoms with Crippen LogP contribution in [0.2, 0.25) is 5.02 Å². The molecule has 1 saturated heterocycles. The lowest BCUT2D eigenvalue weighted by molar-refractivity contribution is 0.220. The molecule has 1 fully saturated rings. The zero-order chi connectivity index (χ0) is 13.5. The summed E-state index contributed by atoms with van der Waals surface area (Å²) in [5, 5.41) is 3.66. The first-order chi connectivity index (χ1) is 8.34. The number of hydrogen-bond acceptors (Lipinski definition) is 4. The highest BCUT2D eigenvalue weighted by molar-refractivity contribution is 9.11. The van der Waals surface area contributed by atoms with Crippen molar-refractivity contribution in [2.24, 2.45) is 0 Å². The second kappa shape index (κ2) is 5.38. The van der Waals surface area contributed by atoms with E-state index in [0.717, 1.165) is 11.3 Å². The molecule has 2 unspecified atom stereocenters. The van der Waals surface area contributed by atoms with Gasteiger partial charge in [0.1, 0.15) is 4.21 Å². The van der Waals surface area contributed by atoms with Crippen molar-refractivity contribution in [3.63, 3.8) is 0 Å². The van der Waals surface area contributed by atoms with E-state index in [2.05, 4.69) is 21.2 Å². The molecule has 2 heterocycles. The summed E-state index contributed by atoms with van der Waals surface area (Å²) < 4.78 is 27.7. The maximum absolute atomic E-state index is 12.6. The fourth-order valence-electron chi connectivity index (χ4n) is 2.15. The van der Waals surface area contributed by atoms with Crippen LogP contribution in [0, 0.1) is 0 Å². The molecule has 0 amide bonds. The molecule has 1 N–H and O–H groups in total. The number of nitrogens with zero attached hydrogens (tertiary/aromatic N) is 1. The number of piperazine rings is 1. The van der Waals surface area contributed by atoms with Gasteiger partial charge in [0.2, 0.25) is 0 Å². The van der Waals surface area contributed by atoms with Gasteiger partial charge in [-0.15, -0.1) is 11.3 Å². The second-order valence-electron chi connectivity index (χ2n) is 4.38. The minimum atomic E-state index is -3.46. The summed E-state index contributed by atoms with van der Waals surface area (Å²) in [5.41, 5.74) is 0. The molecule has 0 radical (unpaired) electrons. The molecule has 102 valence electrons. The predicted molar refractivity (Wildman–Crippen MR) is 77.8 cm³/mol. The largest absolute Gasteiger partial charge is 0.314 e. The molecule has 8 heteroatoms. The first kappa shape index (κ1) is 14.7. The fourth-order valence-corrected chi connectivity index (χ4v) is 6.47. The minimum absolute atomic E-state index is 0.0570. The standard InChI is InChI=1S/C10H14BrClN2O2S2/c1-6-4-13-5-7(2)14(6)18(15,16)9-3-8(12)10(11)17-9/h3,6-7,13H,4-5H2,1-2H3. The smallest absolute Gasteiger partial charge is 0.253 e. The van der Waals surface area contributed by atoms with Gasteiger partial charge in [0.05, 0.1) is 8.81 Å². The second-order valence-corrected chi connectivity index (χ2v) is 9.23. The molecule has 18 heavy (non-hydrogen) atoms. The summed E-state index contributed by atoms with van der Waals surface area (Å²) in [7, 11) is -3.46. The third-order valence-electron chi connectivity index (χ3n) is 2.90. The highest BCUT2D eigenvalue weighted by Crippen LogP contribution is 2.37. The lowest BCUT2D eigenvalue weighted by Crippen LogP contribution is -2.56. The van der Waals surface area contributed by atoms with E-state index in [1.807, 2.05) is 13.8 Å². The van der Waals surface area contributed by atoms with Crippen molar-refractivity contribution in [2.45, 2.75) is 30.1 Å². The molecule has 0 aromatic carbocycles. The summed E-state index contributed by atoms with van der Waals surface area (Å²) in [6.45, 7) is 5.16. The van der Waals surface area contributed by atoms with E-state index in [9.17, 15) is 8.42 Å². The van der Waals surface area contributed by atoms with Crippen LogP contribution in [0.15, 0.2) is 14.1 Å². The highest BCUT2D eigenvalue weighted by atomic mass is 79.9. The summed E-state index contributed by atoms with van der Waals surface area (Å²) in [6.07, 6.45) is 0. The van der Waals surface area contributed by atoms with Crippen molar-refractivity contribution in [3.8, 4) is 0 Å². The van der Waals surface area contributed by atoms with Crippen LogP contribution in [0.1, 0.15) is 13.8 Å². The maximum Gasteiger partial charge on any atom is 0.253 e. The average molecular weight is 374 g/mol. The lowest BCUT2D eigenvalue weighted by atomic mass is 10.2. The van der Waals surface area contributed by atoms with Gasteiger partial charge in [0.25, 0.3) is 10.0 Å². The van der Waals surface area contributed by atoms with E-state index in [4.69, 9.17) is 11.6 Å². The summed E-state index contributed by atoms with van der Waals surface area (Å²) >= 11 is 10.3. The molecule has 2 rings (SSSR count). The van der Waals surface area contributed by atoms with Gasteiger partial charge >= 0.3 is 0 Å². The number of thiophene rings is 1. The molecule has 0 bridgehead atoms. The van der Waals surface area contributed by atoms with Crippen molar-refractivity contribution < 1.29 is 8.42 Å². The van der Waals surface area contributed by atoms with Crippen LogP contribution < -0.4 is 5.32 Å². The Labute approximate surface area is 124 Å². The number of hydrogen-bond donors (Lipinski definition) is 1. The molecule has 1 aliphatic heterocycles. The van der Waals surface area contributed by atoms with Gasteiger partial charge in [-0.25, -0.2) is 8.42 Å². The zero-order valence-electron chi connectivity index (χ0n) is 9.98. The SMILES string of the molecule is CC1CNCC(C)N1S(=O)(=O)c1cc(Cl)c(Br)s1. The Morgan fingerprint density at radius 1 is 1.44 bits per heavy atom. The monoisotopic (exact) mass is 372 g/mol. The van der Waals surface area contributed by atoms with Gasteiger partial charge in [-0.1, -0.05) is 11.6 Å². The molecule has 4 nitrogen and oxygen atoms in total. The number of sulfonamides is 1. The Bertz CT molecular complexity index is 517. The van der Waals surface area contributed by atoms with Gasteiger partial charge in [0, 0.05) is 25.2 Å². The third kappa shape index (κ3) is 2.62. The van der Waals surface area contributed by atoms with E-state index < -0.39 is 10.0 Å². The molecule has 1 aromatic heterocycles. The van der Waals surface area contributed by atoms with Gasteiger partial charge in [-0.3, -0.25) is 0 Å². The average Bonchev–Trinajstić information content (AvgIpc) is 2.59. The zero-order valence-corrected chi connectivity index (χ0v) is 14.0. The third-order valence-corrected chi connectivity index (χ3v) is 7.96. The Morgan fingerprint density at radius 3 is 2.44 bits per heavy atom. The quantitative estimate of drug-likeness (QED) is 0.866. The Balaban J connectivity index is 2.41. The van der Waals surface area contributed by atoms with Gasteiger partial charge in [0.15, 0.2) is 0 Å². The molecule has 1 aromatic rings. The van der Waals surface area contributed by atoms with Gasteiger partial charge in [-0.2, -0.15) is 4.31 Å². The Morgan fingerprint density at radius 2 is 2.00 bits per heavy atom. The Kier molecular flexibility index (Phi) is 4.40. The normalized spacial score (nSPS) is 26.4. The summed E-state index contributed by atoms with van der Waals surface area (Å²) in [5.74, 6) is 0. The van der Waals surface area contributed by atoms with Crippen LogP contribution in [-0.4, -0.2) is 37.9 Å². The molecule has 1 aliphatic rings. The molecule has 2 atom stereocenters. The first-order valence-electron chi connectivity index (χ1n) is 5.53. The Hall–Kier alpha value is 0.340. The van der Waals surface area contributed by atoms with Crippen molar-refractivity contribution in [2.75, 3.05) is 13.1 Å². The van der Waals surface area contributed by atoms with Crippen molar-refractivity contribution >= 4 is 48.9 Å². The van der Waals surface area contributed by atoms with Crippen LogP contribution in [0.3, 0.4) is 0 Å². The molecule has 0 spiro atoms. The van der Waals surface area contributed by atoms with Crippen molar-refractivity contribution in [1.82, 2.24) is 9.62 Å². The molecule has 0 aliphatic carbocycles. The number of halogens is 2. The van der Waals surface area contributed by atoms with Crippen LogP contribution in [0.4, 0.5) is 0 Å². The van der Waals surface area contributed by atoms with E-state index in [1.54, 1.807) is 4.31 Å². The lowest BCUT2D eigenvalue weighted by Gasteiger charge is -2.37. The van der Waals surface area contributed by atoms with Crippen LogP contribution in [0.25, 0.3) is 0 Å².